The molecule has 1 heterocycles. The molecule has 4 fully saturated rings. The number of hydrogen-bond acceptors (Lipinski definition) is 6. The number of aliphatic hydroxyl groups is 1. The van der Waals surface area contributed by atoms with E-state index in [9.17, 15) is 14.3 Å². The largest absolute Gasteiger partial charge is 0.489 e. The number of rotatable bonds is 10. The molecule has 1 aromatic heterocycles. The van der Waals surface area contributed by atoms with Crippen molar-refractivity contribution < 1.29 is 23.8 Å². The number of carbonyl (C=O) groups excluding carboxylic acids is 1. The fraction of sp³-hybridized carbons (Fsp3) is 0.524. The summed E-state index contributed by atoms with van der Waals surface area (Å²) in [5.41, 5.74) is -0.434. The van der Waals surface area contributed by atoms with Gasteiger partial charge in [-0.15, -0.1) is 0 Å². The molecule has 0 saturated heterocycles. The second-order valence-corrected chi connectivity index (χ2v) is 9.23. The van der Waals surface area contributed by atoms with Gasteiger partial charge in [0.2, 0.25) is 5.88 Å². The van der Waals surface area contributed by atoms with E-state index in [1.807, 2.05) is 4.68 Å². The lowest BCUT2D eigenvalue weighted by atomic mass is 9.44. The molecule has 4 aliphatic rings. The summed E-state index contributed by atoms with van der Waals surface area (Å²) in [7, 11) is 0. The maximum absolute atomic E-state index is 13.4. The van der Waals surface area contributed by atoms with Crippen molar-refractivity contribution in [1.29, 1.82) is 0 Å². The molecule has 8 nitrogen and oxygen atoms in total. The predicted molar refractivity (Wildman–Crippen MR) is 109 cm³/mol. The standard InChI is InChI=1S/C21H24ClFN4O4/c22-15-4-3-14(7-16(15)23)30-8-17(28)25-20-10-21(11-20,12-20)26-18(29)9-31-19-5-6-24-27(19)13-1-2-13/h3-7,13,17,25,28H,1-2,8-12H2,(H,26,29). The maximum Gasteiger partial charge on any atom is 0.258 e. The van der Waals surface area contributed by atoms with Gasteiger partial charge in [-0.2, -0.15) is 5.10 Å². The first-order chi connectivity index (χ1) is 14.9. The van der Waals surface area contributed by atoms with E-state index in [0.29, 0.717) is 17.7 Å². The minimum absolute atomic E-state index is 0.0196. The molecule has 0 spiro atoms. The second kappa shape index (κ2) is 7.65. The Morgan fingerprint density at radius 1 is 1.29 bits per heavy atom. The molecule has 2 aromatic rings. The van der Waals surface area contributed by atoms with E-state index in [1.165, 1.54) is 12.1 Å². The fourth-order valence-electron chi connectivity index (χ4n) is 4.69. The summed E-state index contributed by atoms with van der Waals surface area (Å²) in [6.45, 7) is -0.0700. The highest BCUT2D eigenvalue weighted by molar-refractivity contribution is 6.30. The van der Waals surface area contributed by atoms with Gasteiger partial charge in [-0.1, -0.05) is 11.6 Å². The molecule has 31 heavy (non-hydrogen) atoms. The quantitative estimate of drug-likeness (QED) is 0.480. The topological polar surface area (TPSA) is 97.6 Å². The maximum atomic E-state index is 13.4. The van der Waals surface area contributed by atoms with Crippen LogP contribution in [0.2, 0.25) is 5.02 Å². The van der Waals surface area contributed by atoms with Crippen molar-refractivity contribution >= 4 is 17.5 Å². The summed E-state index contributed by atoms with van der Waals surface area (Å²) < 4.78 is 26.3. The van der Waals surface area contributed by atoms with Crippen molar-refractivity contribution in [3.05, 3.63) is 41.3 Å². The van der Waals surface area contributed by atoms with Gasteiger partial charge in [0.05, 0.1) is 17.3 Å². The number of ether oxygens (including phenoxy) is 2. The van der Waals surface area contributed by atoms with Crippen LogP contribution in [0.15, 0.2) is 30.5 Å². The number of amides is 1. The molecule has 0 aliphatic heterocycles. The van der Waals surface area contributed by atoms with Crippen molar-refractivity contribution in [3.63, 3.8) is 0 Å². The number of nitrogens with zero attached hydrogens (tertiary/aromatic N) is 2. The Hall–Kier alpha value is -2.36. The van der Waals surface area contributed by atoms with E-state index in [-0.39, 0.29) is 35.2 Å². The summed E-state index contributed by atoms with van der Waals surface area (Å²) in [5.74, 6) is 0.189. The first-order valence-electron chi connectivity index (χ1n) is 10.4. The van der Waals surface area contributed by atoms with Crippen LogP contribution in [0, 0.1) is 5.82 Å². The zero-order valence-corrected chi connectivity index (χ0v) is 17.6. The van der Waals surface area contributed by atoms with Gasteiger partial charge in [0, 0.05) is 23.2 Å². The Morgan fingerprint density at radius 3 is 2.77 bits per heavy atom. The summed E-state index contributed by atoms with van der Waals surface area (Å²) in [5, 5.41) is 20.7. The number of aromatic nitrogens is 2. The van der Waals surface area contributed by atoms with Gasteiger partial charge >= 0.3 is 0 Å². The van der Waals surface area contributed by atoms with Gasteiger partial charge in [-0.05, 0) is 44.2 Å². The average Bonchev–Trinajstić information content (AvgIpc) is 3.42. The summed E-state index contributed by atoms with van der Waals surface area (Å²) in [4.78, 5) is 12.3. The third-order valence-corrected chi connectivity index (χ3v) is 6.39. The summed E-state index contributed by atoms with van der Waals surface area (Å²) in [6, 6.07) is 6.30. The van der Waals surface area contributed by atoms with Crippen molar-refractivity contribution in [2.75, 3.05) is 13.2 Å². The normalized spacial score (nSPS) is 27.1. The number of halogens is 2. The van der Waals surface area contributed by atoms with E-state index in [1.54, 1.807) is 18.3 Å². The van der Waals surface area contributed by atoms with Gasteiger partial charge in [-0.25, -0.2) is 9.07 Å². The molecule has 1 atom stereocenters. The highest BCUT2D eigenvalue weighted by Gasteiger charge is 2.68. The van der Waals surface area contributed by atoms with Crippen LogP contribution >= 0.6 is 11.6 Å². The van der Waals surface area contributed by atoms with Gasteiger partial charge in [-0.3, -0.25) is 10.1 Å². The monoisotopic (exact) mass is 450 g/mol. The van der Waals surface area contributed by atoms with Crippen molar-refractivity contribution in [2.24, 2.45) is 0 Å². The highest BCUT2D eigenvalue weighted by Crippen LogP contribution is 2.60. The predicted octanol–water partition coefficient (Wildman–Crippen LogP) is 2.17. The molecule has 1 aromatic carbocycles. The van der Waals surface area contributed by atoms with Crippen LogP contribution in [-0.2, 0) is 4.79 Å². The molecular formula is C21H24ClFN4O4. The van der Waals surface area contributed by atoms with Crippen LogP contribution in [0.25, 0.3) is 0 Å². The zero-order chi connectivity index (χ0) is 21.6. The fourth-order valence-corrected chi connectivity index (χ4v) is 4.81. The first kappa shape index (κ1) is 20.5. The number of carbonyl (C=O) groups is 1. The van der Waals surface area contributed by atoms with Gasteiger partial charge in [0.15, 0.2) is 6.61 Å². The van der Waals surface area contributed by atoms with Crippen LogP contribution in [0.4, 0.5) is 4.39 Å². The van der Waals surface area contributed by atoms with Gasteiger partial charge in [0.1, 0.15) is 24.4 Å². The molecule has 1 unspecified atom stereocenters. The van der Waals surface area contributed by atoms with Crippen LogP contribution in [-0.4, -0.2) is 51.3 Å². The highest BCUT2D eigenvalue weighted by atomic mass is 35.5. The number of nitrogens with one attached hydrogen (secondary N) is 2. The molecule has 2 bridgehead atoms. The molecular weight excluding hydrogens is 427 g/mol. The van der Waals surface area contributed by atoms with Crippen LogP contribution < -0.4 is 20.1 Å². The average molecular weight is 451 g/mol. The Bertz CT molecular complexity index is 976. The van der Waals surface area contributed by atoms with Gasteiger partial charge in [0.25, 0.3) is 5.91 Å². The molecule has 10 heteroatoms. The first-order valence-corrected chi connectivity index (χ1v) is 10.7. The van der Waals surface area contributed by atoms with Gasteiger partial charge < -0.3 is 19.9 Å². The second-order valence-electron chi connectivity index (χ2n) is 8.82. The third kappa shape index (κ3) is 4.22. The van der Waals surface area contributed by atoms with E-state index >= 15 is 0 Å². The molecule has 4 saturated carbocycles. The molecule has 166 valence electrons. The Balaban J connectivity index is 1.03. The lowest BCUT2D eigenvalue weighted by Gasteiger charge is -2.71. The SMILES string of the molecule is O=C(COc1ccnn1C1CC1)NC12CC(NC(O)COc3ccc(Cl)c(F)c3)(C1)C2. The van der Waals surface area contributed by atoms with Crippen LogP contribution in [0.1, 0.15) is 38.1 Å². The van der Waals surface area contributed by atoms with Crippen LogP contribution in [0.3, 0.4) is 0 Å². The zero-order valence-electron chi connectivity index (χ0n) is 16.8. The lowest BCUT2D eigenvalue weighted by molar-refractivity contribution is -0.152. The molecule has 3 N–H and O–H groups in total. The number of aliphatic hydroxyl groups excluding tert-OH is 1. The molecule has 1 amide bonds. The van der Waals surface area contributed by atoms with E-state index < -0.39 is 12.0 Å². The number of hydrogen-bond donors (Lipinski definition) is 3. The van der Waals surface area contributed by atoms with Crippen molar-refractivity contribution in [3.8, 4) is 11.6 Å². The summed E-state index contributed by atoms with van der Waals surface area (Å²) in [6.07, 6.45) is 5.17. The van der Waals surface area contributed by atoms with Crippen molar-refractivity contribution in [2.45, 2.75) is 55.5 Å². The Labute approximate surface area is 183 Å². The minimum atomic E-state index is -0.904. The summed E-state index contributed by atoms with van der Waals surface area (Å²) >= 11 is 5.64. The third-order valence-electron chi connectivity index (χ3n) is 6.08. The van der Waals surface area contributed by atoms with E-state index in [2.05, 4.69) is 15.7 Å². The minimum Gasteiger partial charge on any atom is -0.489 e. The molecule has 0 radical (unpaired) electrons. The van der Waals surface area contributed by atoms with E-state index in [0.717, 1.165) is 32.1 Å². The van der Waals surface area contributed by atoms with E-state index in [4.69, 9.17) is 21.1 Å². The Kier molecular flexibility index (Phi) is 5.07. The van der Waals surface area contributed by atoms with Crippen LogP contribution in [0.5, 0.6) is 11.6 Å². The molecule has 4 aliphatic carbocycles. The molecule has 6 rings (SSSR count). The number of benzene rings is 1. The van der Waals surface area contributed by atoms with Crippen molar-refractivity contribution in [1.82, 2.24) is 20.4 Å². The smallest absolute Gasteiger partial charge is 0.258 e. The lowest BCUT2D eigenvalue weighted by Crippen LogP contribution is -2.84. The Morgan fingerprint density at radius 2 is 2.06 bits per heavy atom.